The van der Waals surface area contributed by atoms with E-state index in [9.17, 15) is 13.2 Å². The summed E-state index contributed by atoms with van der Waals surface area (Å²) in [5.41, 5.74) is -0.0795. The molecule has 0 N–H and O–H groups in total. The monoisotopic (exact) mass is 292 g/mol. The third-order valence-corrected chi connectivity index (χ3v) is 2.82. The molecule has 3 nitrogen and oxygen atoms in total. The van der Waals surface area contributed by atoms with Crippen molar-refractivity contribution >= 4 is 0 Å². The zero-order valence-electron chi connectivity index (χ0n) is 11.1. The summed E-state index contributed by atoms with van der Waals surface area (Å²) in [5, 5.41) is 8.92. The number of rotatable bonds is 3. The molecule has 0 bridgehead atoms. The van der Waals surface area contributed by atoms with E-state index in [2.05, 4.69) is 4.98 Å². The van der Waals surface area contributed by atoms with Crippen LogP contribution in [0.4, 0.5) is 13.2 Å². The standard InChI is InChI=1S/C15H11F3N2O/c1-2-10-3-6-12(7-4-10)21-14-11(9-19)5-8-13(20-14)15(16,17)18/h3-8H,2H2,1H3. The highest BCUT2D eigenvalue weighted by atomic mass is 19.4. The fraction of sp³-hybridized carbons (Fsp3) is 0.200. The molecule has 2 aromatic rings. The lowest BCUT2D eigenvalue weighted by Gasteiger charge is -2.10. The van der Waals surface area contributed by atoms with Gasteiger partial charge in [-0.3, -0.25) is 0 Å². The highest BCUT2D eigenvalue weighted by molar-refractivity contribution is 5.42. The summed E-state index contributed by atoms with van der Waals surface area (Å²) in [6.45, 7) is 1.98. The van der Waals surface area contributed by atoms with Crippen LogP contribution in [0.3, 0.4) is 0 Å². The number of hydrogen-bond donors (Lipinski definition) is 0. The summed E-state index contributed by atoms with van der Waals surface area (Å²) in [6.07, 6.45) is -3.75. The molecule has 2 rings (SSSR count). The van der Waals surface area contributed by atoms with E-state index < -0.39 is 11.9 Å². The van der Waals surface area contributed by atoms with Crippen molar-refractivity contribution in [3.63, 3.8) is 0 Å². The van der Waals surface area contributed by atoms with Crippen molar-refractivity contribution in [3.8, 4) is 17.7 Å². The zero-order valence-corrected chi connectivity index (χ0v) is 11.1. The van der Waals surface area contributed by atoms with Gasteiger partial charge in [-0.2, -0.15) is 18.4 Å². The fourth-order valence-electron chi connectivity index (χ4n) is 1.67. The van der Waals surface area contributed by atoms with Gasteiger partial charge in [0, 0.05) is 0 Å². The van der Waals surface area contributed by atoms with E-state index in [1.165, 1.54) is 0 Å². The molecule has 6 heteroatoms. The van der Waals surface area contributed by atoms with Crippen molar-refractivity contribution in [1.29, 1.82) is 5.26 Å². The molecular formula is C15H11F3N2O. The largest absolute Gasteiger partial charge is 0.438 e. The molecule has 1 heterocycles. The summed E-state index contributed by atoms with van der Waals surface area (Å²) in [7, 11) is 0. The summed E-state index contributed by atoms with van der Waals surface area (Å²) in [4.78, 5) is 3.38. The number of aromatic nitrogens is 1. The molecule has 0 atom stereocenters. The van der Waals surface area contributed by atoms with Gasteiger partial charge in [0.05, 0.1) is 0 Å². The van der Waals surface area contributed by atoms with Gasteiger partial charge in [0.2, 0.25) is 5.88 Å². The number of hydrogen-bond acceptors (Lipinski definition) is 3. The minimum absolute atomic E-state index is 0.0532. The molecular weight excluding hydrogens is 281 g/mol. The van der Waals surface area contributed by atoms with Crippen molar-refractivity contribution in [1.82, 2.24) is 4.98 Å². The predicted octanol–water partition coefficient (Wildman–Crippen LogP) is 4.33. The molecule has 0 fully saturated rings. The molecule has 1 aromatic carbocycles. The van der Waals surface area contributed by atoms with Crippen LogP contribution in [0.25, 0.3) is 0 Å². The molecule has 0 spiro atoms. The van der Waals surface area contributed by atoms with Gasteiger partial charge in [-0.05, 0) is 36.2 Å². The van der Waals surface area contributed by atoms with E-state index in [0.29, 0.717) is 5.75 Å². The number of aryl methyl sites for hydroxylation is 1. The van der Waals surface area contributed by atoms with Gasteiger partial charge in [0.15, 0.2) is 0 Å². The van der Waals surface area contributed by atoms with Gasteiger partial charge >= 0.3 is 6.18 Å². The first kappa shape index (κ1) is 14.9. The number of halogens is 3. The van der Waals surface area contributed by atoms with Gasteiger partial charge in [-0.25, -0.2) is 4.98 Å². The SMILES string of the molecule is CCc1ccc(Oc2nc(C(F)(F)F)ccc2C#N)cc1. The maximum absolute atomic E-state index is 12.6. The highest BCUT2D eigenvalue weighted by Gasteiger charge is 2.33. The molecule has 0 radical (unpaired) electrons. The van der Waals surface area contributed by atoms with Crippen molar-refractivity contribution in [2.45, 2.75) is 19.5 Å². The number of pyridine rings is 1. The molecule has 0 aliphatic rings. The Morgan fingerprint density at radius 1 is 1.14 bits per heavy atom. The van der Waals surface area contributed by atoms with Gasteiger partial charge < -0.3 is 4.74 Å². The van der Waals surface area contributed by atoms with E-state index in [1.54, 1.807) is 30.3 Å². The second-order valence-corrected chi connectivity index (χ2v) is 4.26. The Bertz CT molecular complexity index is 673. The Morgan fingerprint density at radius 3 is 2.33 bits per heavy atom. The average Bonchev–Trinajstić information content (AvgIpc) is 2.47. The lowest BCUT2D eigenvalue weighted by molar-refractivity contribution is -0.141. The van der Waals surface area contributed by atoms with Crippen LogP contribution < -0.4 is 4.74 Å². The number of benzene rings is 1. The van der Waals surface area contributed by atoms with Crippen molar-refractivity contribution in [2.24, 2.45) is 0 Å². The van der Waals surface area contributed by atoms with Gasteiger partial charge in [0.1, 0.15) is 23.1 Å². The van der Waals surface area contributed by atoms with Gasteiger partial charge in [-0.15, -0.1) is 0 Å². The quantitative estimate of drug-likeness (QED) is 0.846. The van der Waals surface area contributed by atoms with E-state index >= 15 is 0 Å². The van der Waals surface area contributed by atoms with Crippen LogP contribution in [0.1, 0.15) is 23.7 Å². The second kappa shape index (κ2) is 5.83. The van der Waals surface area contributed by atoms with Crippen molar-refractivity contribution in [2.75, 3.05) is 0 Å². The number of nitriles is 1. The Balaban J connectivity index is 2.35. The highest BCUT2D eigenvalue weighted by Crippen LogP contribution is 2.31. The summed E-state index contributed by atoms with van der Waals surface area (Å²) < 4.78 is 43.2. The first-order valence-corrected chi connectivity index (χ1v) is 6.19. The lowest BCUT2D eigenvalue weighted by atomic mass is 10.2. The Hall–Kier alpha value is -2.55. The van der Waals surface area contributed by atoms with E-state index in [4.69, 9.17) is 10.00 Å². The molecule has 1 aromatic heterocycles. The van der Waals surface area contributed by atoms with Crippen LogP contribution in [-0.4, -0.2) is 4.98 Å². The Kier molecular flexibility index (Phi) is 4.13. The van der Waals surface area contributed by atoms with Crippen LogP contribution in [0.15, 0.2) is 36.4 Å². The molecule has 0 amide bonds. The molecule has 0 saturated carbocycles. The van der Waals surface area contributed by atoms with E-state index in [-0.39, 0.29) is 11.4 Å². The minimum Gasteiger partial charge on any atom is -0.438 e. The molecule has 0 saturated heterocycles. The second-order valence-electron chi connectivity index (χ2n) is 4.26. The molecule has 0 aliphatic carbocycles. The van der Waals surface area contributed by atoms with Crippen LogP contribution in [0.5, 0.6) is 11.6 Å². The predicted molar refractivity (Wildman–Crippen MR) is 69.8 cm³/mol. The smallest absolute Gasteiger partial charge is 0.433 e. The Morgan fingerprint density at radius 2 is 1.81 bits per heavy atom. The molecule has 0 unspecified atom stereocenters. The summed E-state index contributed by atoms with van der Waals surface area (Å²) >= 11 is 0. The summed E-state index contributed by atoms with van der Waals surface area (Å²) in [6, 6.07) is 10.4. The fourth-order valence-corrected chi connectivity index (χ4v) is 1.67. The van der Waals surface area contributed by atoms with Crippen LogP contribution >= 0.6 is 0 Å². The Labute approximate surface area is 119 Å². The molecule has 21 heavy (non-hydrogen) atoms. The topological polar surface area (TPSA) is 45.9 Å². The normalized spacial score (nSPS) is 11.0. The number of ether oxygens (including phenoxy) is 1. The first-order valence-electron chi connectivity index (χ1n) is 6.19. The van der Waals surface area contributed by atoms with Crippen molar-refractivity contribution < 1.29 is 17.9 Å². The van der Waals surface area contributed by atoms with E-state index in [1.807, 2.05) is 6.92 Å². The summed E-state index contributed by atoms with van der Waals surface area (Å²) in [5.74, 6) is -0.0212. The van der Waals surface area contributed by atoms with Crippen LogP contribution in [-0.2, 0) is 12.6 Å². The van der Waals surface area contributed by atoms with Gasteiger partial charge in [0.25, 0.3) is 0 Å². The maximum Gasteiger partial charge on any atom is 0.433 e. The third kappa shape index (κ3) is 3.51. The molecule has 0 aliphatic heterocycles. The van der Waals surface area contributed by atoms with Crippen molar-refractivity contribution in [3.05, 3.63) is 53.2 Å². The lowest BCUT2D eigenvalue weighted by Crippen LogP contribution is -2.09. The van der Waals surface area contributed by atoms with E-state index in [0.717, 1.165) is 24.1 Å². The zero-order chi connectivity index (χ0) is 15.5. The maximum atomic E-state index is 12.6. The van der Waals surface area contributed by atoms with Crippen LogP contribution in [0, 0.1) is 11.3 Å². The molecule has 108 valence electrons. The minimum atomic E-state index is -4.59. The number of nitrogens with zero attached hydrogens (tertiary/aromatic N) is 2. The van der Waals surface area contributed by atoms with Gasteiger partial charge in [-0.1, -0.05) is 19.1 Å². The van der Waals surface area contributed by atoms with Crippen LogP contribution in [0.2, 0.25) is 0 Å². The average molecular weight is 292 g/mol. The number of alkyl halides is 3. The third-order valence-electron chi connectivity index (χ3n) is 2.82. The first-order chi connectivity index (χ1) is 9.94.